The van der Waals surface area contributed by atoms with Gasteiger partial charge in [-0.15, -0.1) is 5.54 Å². The molecular weight excluding hydrogens is 428 g/mol. The number of sulfonamides is 1. The zero-order valence-electron chi connectivity index (χ0n) is 18.5. The summed E-state index contributed by atoms with van der Waals surface area (Å²) in [6.45, 7) is 6.37. The van der Waals surface area contributed by atoms with E-state index in [4.69, 9.17) is 4.74 Å². The Morgan fingerprint density at radius 1 is 1.06 bits per heavy atom. The van der Waals surface area contributed by atoms with Gasteiger partial charge in [0.05, 0.1) is 18.2 Å². The molecule has 0 amide bonds. The third-order valence-corrected chi connectivity index (χ3v) is 6.63. The van der Waals surface area contributed by atoms with Crippen molar-refractivity contribution in [3.05, 3.63) is 48.3 Å². The van der Waals surface area contributed by atoms with Crippen molar-refractivity contribution in [2.75, 3.05) is 30.8 Å². The molecular formula is C22H26N4O3SSi. The monoisotopic (exact) mass is 454 g/mol. The van der Waals surface area contributed by atoms with Crippen molar-refractivity contribution in [3.63, 3.8) is 0 Å². The van der Waals surface area contributed by atoms with Crippen molar-refractivity contribution < 1.29 is 13.2 Å². The van der Waals surface area contributed by atoms with Crippen LogP contribution in [0.4, 0.5) is 11.5 Å². The van der Waals surface area contributed by atoms with Crippen molar-refractivity contribution in [1.29, 1.82) is 0 Å². The molecule has 3 rings (SSSR count). The Morgan fingerprint density at radius 2 is 1.74 bits per heavy atom. The van der Waals surface area contributed by atoms with Crippen LogP contribution in [0.15, 0.2) is 47.5 Å². The third kappa shape index (κ3) is 5.15. The Morgan fingerprint density at radius 3 is 2.39 bits per heavy atom. The summed E-state index contributed by atoms with van der Waals surface area (Å²) in [4.78, 5) is 10.6. The normalized spacial score (nSPS) is 11.5. The summed E-state index contributed by atoms with van der Waals surface area (Å²) in [5.74, 6) is 3.08. The second-order valence-corrected chi connectivity index (χ2v) is 14.6. The Bertz CT molecular complexity index is 1290. The highest BCUT2D eigenvalue weighted by molar-refractivity contribution is 7.93. The van der Waals surface area contributed by atoms with E-state index >= 15 is 0 Å². The zero-order valence-corrected chi connectivity index (χ0v) is 20.3. The molecule has 0 aliphatic rings. The lowest BCUT2D eigenvalue weighted by Gasteiger charge is -2.17. The predicted molar refractivity (Wildman–Crippen MR) is 128 cm³/mol. The first-order valence-electron chi connectivity index (χ1n) is 9.68. The average Bonchev–Trinajstić information content (AvgIpc) is 2.71. The maximum absolute atomic E-state index is 13.2. The smallest absolute Gasteiger partial charge is 0.263 e. The van der Waals surface area contributed by atoms with Crippen LogP contribution in [-0.2, 0) is 10.0 Å². The van der Waals surface area contributed by atoms with E-state index < -0.39 is 18.1 Å². The van der Waals surface area contributed by atoms with E-state index in [2.05, 4.69) is 45.8 Å². The number of methoxy groups -OCH3 is 1. The fourth-order valence-electron chi connectivity index (χ4n) is 2.97. The molecule has 0 spiro atoms. The topological polar surface area (TPSA) is 84.4 Å². The molecule has 1 heterocycles. The summed E-state index contributed by atoms with van der Waals surface area (Å²) in [7, 11) is -0.279. The van der Waals surface area contributed by atoms with Gasteiger partial charge in [0.25, 0.3) is 15.9 Å². The van der Waals surface area contributed by atoms with E-state index in [9.17, 15) is 8.42 Å². The van der Waals surface area contributed by atoms with Crippen molar-refractivity contribution >= 4 is 40.4 Å². The molecule has 0 saturated heterocycles. The molecule has 7 nitrogen and oxygen atoms in total. The van der Waals surface area contributed by atoms with Gasteiger partial charge in [0, 0.05) is 30.6 Å². The fourth-order valence-corrected chi connectivity index (χ4v) is 4.70. The molecule has 0 atom stereocenters. The van der Waals surface area contributed by atoms with Crippen LogP contribution in [0, 0.1) is 11.5 Å². The van der Waals surface area contributed by atoms with Gasteiger partial charge in [0.15, 0.2) is 0 Å². The van der Waals surface area contributed by atoms with Gasteiger partial charge in [0.1, 0.15) is 13.8 Å². The first-order chi connectivity index (χ1) is 14.5. The highest BCUT2D eigenvalue weighted by Gasteiger charge is 2.22. The second kappa shape index (κ2) is 8.57. The summed E-state index contributed by atoms with van der Waals surface area (Å²) in [6.07, 6.45) is 1.45. The molecule has 162 valence electrons. The maximum Gasteiger partial charge on any atom is 0.263 e. The number of rotatable bonds is 5. The first-order valence-corrected chi connectivity index (χ1v) is 14.7. The van der Waals surface area contributed by atoms with Crippen LogP contribution in [0.2, 0.25) is 19.6 Å². The number of ether oxygens (including phenoxy) is 1. The van der Waals surface area contributed by atoms with Crippen molar-refractivity contribution in [1.82, 2.24) is 9.97 Å². The Labute approximate surface area is 184 Å². The number of anilines is 2. The van der Waals surface area contributed by atoms with Crippen LogP contribution in [0.25, 0.3) is 10.8 Å². The van der Waals surface area contributed by atoms with Crippen LogP contribution >= 0.6 is 0 Å². The lowest BCUT2D eigenvalue weighted by atomic mass is 10.1. The van der Waals surface area contributed by atoms with Gasteiger partial charge in [-0.1, -0.05) is 49.8 Å². The van der Waals surface area contributed by atoms with E-state index in [1.54, 1.807) is 18.2 Å². The molecule has 0 aliphatic heterocycles. The largest absolute Gasteiger partial charge is 0.478 e. The number of hydrogen-bond acceptors (Lipinski definition) is 6. The number of nitrogens with one attached hydrogen (secondary N) is 1. The van der Waals surface area contributed by atoms with Crippen LogP contribution in [-0.4, -0.2) is 47.7 Å². The number of benzene rings is 2. The molecule has 0 bridgehead atoms. The highest BCUT2D eigenvalue weighted by atomic mass is 32.2. The average molecular weight is 455 g/mol. The van der Waals surface area contributed by atoms with Crippen LogP contribution < -0.4 is 14.4 Å². The molecule has 0 aliphatic carbocycles. The van der Waals surface area contributed by atoms with Crippen molar-refractivity contribution in [3.8, 4) is 17.3 Å². The van der Waals surface area contributed by atoms with E-state index in [0.29, 0.717) is 11.1 Å². The van der Waals surface area contributed by atoms with Crippen LogP contribution in [0.3, 0.4) is 0 Å². The summed E-state index contributed by atoms with van der Waals surface area (Å²) in [5, 5.41) is 1.45. The van der Waals surface area contributed by atoms with Crippen molar-refractivity contribution in [2.45, 2.75) is 24.5 Å². The molecule has 0 radical (unpaired) electrons. The summed E-state index contributed by atoms with van der Waals surface area (Å²) in [6, 6.07) is 10.8. The van der Waals surface area contributed by atoms with E-state index in [-0.39, 0.29) is 16.6 Å². The molecule has 2 aromatic carbocycles. The summed E-state index contributed by atoms with van der Waals surface area (Å²) in [5.41, 5.74) is 4.57. The zero-order chi connectivity index (χ0) is 22.8. The Balaban J connectivity index is 2.03. The molecule has 0 saturated carbocycles. The number of hydrogen-bond donors (Lipinski definition) is 1. The molecule has 0 unspecified atom stereocenters. The minimum Gasteiger partial charge on any atom is -0.478 e. The highest BCUT2D eigenvalue weighted by Crippen LogP contribution is 2.31. The van der Waals surface area contributed by atoms with E-state index in [1.165, 1.54) is 13.3 Å². The van der Waals surface area contributed by atoms with E-state index in [0.717, 1.165) is 11.1 Å². The van der Waals surface area contributed by atoms with Gasteiger partial charge >= 0.3 is 0 Å². The summed E-state index contributed by atoms with van der Waals surface area (Å²) < 4.78 is 34.3. The van der Waals surface area contributed by atoms with Crippen LogP contribution in [0.1, 0.15) is 5.69 Å². The molecule has 0 fully saturated rings. The second-order valence-electron chi connectivity index (χ2n) is 8.24. The lowest BCUT2D eigenvalue weighted by molar-refractivity contribution is 0.398. The first kappa shape index (κ1) is 22.6. The fraction of sp³-hybridized carbons (Fsp3) is 0.273. The van der Waals surface area contributed by atoms with Gasteiger partial charge in [-0.25, -0.2) is 13.4 Å². The number of aromatic nitrogens is 2. The van der Waals surface area contributed by atoms with Gasteiger partial charge < -0.3 is 9.64 Å². The Kier molecular flexibility index (Phi) is 6.24. The maximum atomic E-state index is 13.2. The molecule has 9 heteroatoms. The quantitative estimate of drug-likeness (QED) is 0.467. The standard InChI is InChI=1S/C22H26N4O3SSi/c1-26(2)19-11-7-10-18-17(19)9-8-12-20(18)30(27,28)25-21-22(29-3)24-16(15-23-21)13-14-31(4,5)6/h7-12,15H,1-6H3,(H,23,25). The third-order valence-electron chi connectivity index (χ3n) is 4.36. The van der Waals surface area contributed by atoms with Gasteiger partial charge in [0.2, 0.25) is 5.82 Å². The van der Waals surface area contributed by atoms with E-state index in [1.807, 2.05) is 37.2 Å². The molecule has 1 aromatic heterocycles. The molecule has 31 heavy (non-hydrogen) atoms. The SMILES string of the molecule is COc1nc(C#C[Si](C)(C)C)cnc1NS(=O)(=O)c1cccc2c(N(C)C)cccc12. The summed E-state index contributed by atoms with van der Waals surface area (Å²) >= 11 is 0. The van der Waals surface area contributed by atoms with Gasteiger partial charge in [-0.05, 0) is 12.1 Å². The van der Waals surface area contributed by atoms with Crippen LogP contribution in [0.5, 0.6) is 5.88 Å². The number of nitrogens with zero attached hydrogens (tertiary/aromatic N) is 3. The number of fused-ring (bicyclic) bond motifs is 1. The van der Waals surface area contributed by atoms with Crippen molar-refractivity contribution in [2.24, 2.45) is 0 Å². The van der Waals surface area contributed by atoms with Gasteiger partial charge in [-0.3, -0.25) is 4.72 Å². The molecule has 1 N–H and O–H groups in total. The lowest BCUT2D eigenvalue weighted by Crippen LogP contribution is -2.17. The predicted octanol–water partition coefficient (Wildman–Crippen LogP) is 3.73. The minimum absolute atomic E-state index is 0.0156. The minimum atomic E-state index is -3.94. The Hall–Kier alpha value is -3.09. The van der Waals surface area contributed by atoms with Gasteiger partial charge in [-0.2, -0.15) is 4.98 Å². The molecule has 3 aromatic rings.